The van der Waals surface area contributed by atoms with Crippen molar-refractivity contribution in [1.82, 2.24) is 0 Å². The van der Waals surface area contributed by atoms with Gasteiger partial charge in [-0.3, -0.25) is 4.79 Å². The molecule has 1 spiro atoms. The van der Waals surface area contributed by atoms with Gasteiger partial charge in [-0.2, -0.15) is 0 Å². The molecule has 4 fully saturated rings. The van der Waals surface area contributed by atoms with Crippen LogP contribution in [-0.2, 0) is 9.53 Å². The van der Waals surface area contributed by atoms with Crippen molar-refractivity contribution in [2.75, 3.05) is 7.11 Å². The predicted octanol–water partition coefficient (Wildman–Crippen LogP) is 5.13. The van der Waals surface area contributed by atoms with Crippen molar-refractivity contribution in [2.24, 2.45) is 34.0 Å². The first-order valence-electron chi connectivity index (χ1n) is 9.62. The van der Waals surface area contributed by atoms with Gasteiger partial charge in [0.2, 0.25) is 0 Å². The molecule has 0 unspecified atom stereocenters. The molecule has 4 aliphatic rings. The van der Waals surface area contributed by atoms with Crippen LogP contribution in [0.4, 0.5) is 0 Å². The summed E-state index contributed by atoms with van der Waals surface area (Å²) in [5, 5.41) is 0. The molecule has 0 N–H and O–H groups in total. The average Bonchev–Trinajstić information content (AvgIpc) is 2.75. The maximum atomic E-state index is 12.6. The summed E-state index contributed by atoms with van der Waals surface area (Å²) < 4.78 is 5.25. The lowest BCUT2D eigenvalue weighted by Crippen LogP contribution is -2.58. The second-order valence-electron chi connectivity index (χ2n) is 9.59. The van der Waals surface area contributed by atoms with E-state index in [2.05, 4.69) is 20.4 Å². The predicted molar refractivity (Wildman–Crippen MR) is 91.8 cm³/mol. The number of esters is 1. The Morgan fingerprint density at radius 3 is 2.65 bits per heavy atom. The molecule has 4 saturated carbocycles. The minimum absolute atomic E-state index is 0.0360. The van der Waals surface area contributed by atoms with Crippen LogP contribution in [0.3, 0.4) is 0 Å². The van der Waals surface area contributed by atoms with Crippen molar-refractivity contribution in [3.63, 3.8) is 0 Å². The Hall–Kier alpha value is -0.790. The molecule has 23 heavy (non-hydrogen) atoms. The quantitative estimate of drug-likeness (QED) is 0.495. The third-order valence-electron chi connectivity index (χ3n) is 8.71. The van der Waals surface area contributed by atoms with Crippen LogP contribution in [0.5, 0.6) is 0 Å². The number of rotatable bonds is 1. The summed E-state index contributed by atoms with van der Waals surface area (Å²) in [4.78, 5) is 12.6. The van der Waals surface area contributed by atoms with E-state index in [0.717, 1.165) is 18.3 Å². The van der Waals surface area contributed by atoms with Crippen molar-refractivity contribution in [1.29, 1.82) is 0 Å². The van der Waals surface area contributed by atoms with Gasteiger partial charge in [-0.1, -0.05) is 25.5 Å². The van der Waals surface area contributed by atoms with Gasteiger partial charge < -0.3 is 4.74 Å². The van der Waals surface area contributed by atoms with Crippen LogP contribution >= 0.6 is 0 Å². The highest BCUT2D eigenvalue weighted by Crippen LogP contribution is 2.72. The van der Waals surface area contributed by atoms with Gasteiger partial charge in [0.1, 0.15) is 0 Å². The molecule has 2 heteroatoms. The van der Waals surface area contributed by atoms with E-state index in [0.29, 0.717) is 16.7 Å². The Morgan fingerprint density at radius 1 is 1.13 bits per heavy atom. The first-order chi connectivity index (χ1) is 10.9. The molecule has 0 aromatic rings. The van der Waals surface area contributed by atoms with E-state index in [1.807, 2.05) is 0 Å². The Labute approximate surface area is 141 Å². The second kappa shape index (κ2) is 4.86. The van der Waals surface area contributed by atoms with Gasteiger partial charge in [-0.25, -0.2) is 0 Å². The van der Waals surface area contributed by atoms with Crippen molar-refractivity contribution >= 4 is 5.97 Å². The van der Waals surface area contributed by atoms with E-state index in [1.165, 1.54) is 56.9 Å². The first-order valence-corrected chi connectivity index (χ1v) is 9.62. The van der Waals surface area contributed by atoms with E-state index in [1.54, 1.807) is 7.11 Å². The highest BCUT2D eigenvalue weighted by molar-refractivity contribution is 5.77. The molecule has 4 rings (SSSR count). The van der Waals surface area contributed by atoms with Crippen LogP contribution in [0.25, 0.3) is 0 Å². The summed E-state index contributed by atoms with van der Waals surface area (Å²) >= 11 is 0. The van der Waals surface area contributed by atoms with Crippen LogP contribution in [0.2, 0.25) is 0 Å². The van der Waals surface area contributed by atoms with E-state index >= 15 is 0 Å². The molecular weight excluding hydrogens is 284 g/mol. The second-order valence-corrected chi connectivity index (χ2v) is 9.59. The van der Waals surface area contributed by atoms with Crippen LogP contribution in [0.15, 0.2) is 12.2 Å². The van der Waals surface area contributed by atoms with E-state index in [-0.39, 0.29) is 11.4 Å². The van der Waals surface area contributed by atoms with Crippen molar-refractivity contribution in [2.45, 2.75) is 71.6 Å². The van der Waals surface area contributed by atoms with E-state index < -0.39 is 0 Å². The molecule has 2 bridgehead atoms. The average molecular weight is 316 g/mol. The minimum atomic E-state index is -0.268. The number of ether oxygens (including phenoxy) is 1. The van der Waals surface area contributed by atoms with Gasteiger partial charge in [0.05, 0.1) is 12.5 Å². The highest BCUT2D eigenvalue weighted by Gasteiger charge is 2.65. The zero-order valence-electron chi connectivity index (χ0n) is 15.1. The molecule has 0 aliphatic heterocycles. The maximum Gasteiger partial charge on any atom is 0.311 e. The lowest BCUT2D eigenvalue weighted by Gasteiger charge is -2.63. The summed E-state index contributed by atoms with van der Waals surface area (Å²) in [7, 11) is 1.57. The van der Waals surface area contributed by atoms with Crippen molar-refractivity contribution < 1.29 is 9.53 Å². The third kappa shape index (κ3) is 1.90. The molecule has 128 valence electrons. The standard InChI is InChI=1S/C21H32O2/c1-14-12-21-11-8-16-19(2,17(21)7-6-15(14)13-21)9-5-10-20(16,3)18(22)23-4/h15-17H,1,5-13H2,2-4H3/t15-,16+,17-,19-,20-,21-/m1/s1. The monoisotopic (exact) mass is 316 g/mol. The molecule has 0 aromatic heterocycles. The van der Waals surface area contributed by atoms with Crippen molar-refractivity contribution in [3.05, 3.63) is 12.2 Å². The molecule has 0 amide bonds. The molecular formula is C21H32O2. The Bertz CT molecular complexity index is 552. The van der Waals surface area contributed by atoms with Crippen LogP contribution in [0, 0.1) is 34.0 Å². The summed E-state index contributed by atoms with van der Waals surface area (Å²) in [6.45, 7) is 9.12. The number of carbonyl (C=O) groups is 1. The summed E-state index contributed by atoms with van der Waals surface area (Å²) in [5.74, 6) is 2.11. The fourth-order valence-corrected chi connectivity index (χ4v) is 7.83. The third-order valence-corrected chi connectivity index (χ3v) is 8.71. The lowest BCUT2D eigenvalue weighted by atomic mass is 9.41. The number of fused-ring (bicyclic) bond motifs is 3. The number of methoxy groups -OCH3 is 1. The molecule has 0 aromatic carbocycles. The summed E-state index contributed by atoms with van der Waals surface area (Å²) in [5.41, 5.74) is 2.09. The fourth-order valence-electron chi connectivity index (χ4n) is 7.83. The first kappa shape index (κ1) is 15.7. The molecule has 4 aliphatic carbocycles. The van der Waals surface area contributed by atoms with Crippen LogP contribution in [0.1, 0.15) is 71.6 Å². The number of allylic oxidation sites excluding steroid dienone is 1. The topological polar surface area (TPSA) is 26.3 Å². The number of carbonyl (C=O) groups excluding carboxylic acids is 1. The van der Waals surface area contributed by atoms with Gasteiger partial charge >= 0.3 is 5.97 Å². The van der Waals surface area contributed by atoms with Gasteiger partial charge in [0.15, 0.2) is 0 Å². The van der Waals surface area contributed by atoms with Crippen LogP contribution in [-0.4, -0.2) is 13.1 Å². The SMILES string of the molecule is C=C1C[C@@]23CC[C@H]4[C@@](C)(CCC[C@@]4(C)C(=O)OC)[C@H]2CC[C@@H]1C3. The molecule has 0 radical (unpaired) electrons. The Balaban J connectivity index is 1.73. The highest BCUT2D eigenvalue weighted by atomic mass is 16.5. The van der Waals surface area contributed by atoms with Crippen LogP contribution < -0.4 is 0 Å². The zero-order chi connectivity index (χ0) is 16.5. The number of hydrogen-bond donors (Lipinski definition) is 0. The zero-order valence-corrected chi connectivity index (χ0v) is 15.1. The van der Waals surface area contributed by atoms with Crippen molar-refractivity contribution in [3.8, 4) is 0 Å². The minimum Gasteiger partial charge on any atom is -0.469 e. The Morgan fingerprint density at radius 2 is 1.91 bits per heavy atom. The lowest BCUT2D eigenvalue weighted by molar-refractivity contribution is -0.183. The fraction of sp³-hybridized carbons (Fsp3) is 0.857. The maximum absolute atomic E-state index is 12.6. The van der Waals surface area contributed by atoms with Gasteiger partial charge in [0, 0.05) is 0 Å². The van der Waals surface area contributed by atoms with Gasteiger partial charge in [-0.05, 0) is 86.9 Å². The molecule has 0 saturated heterocycles. The molecule has 2 nitrogen and oxygen atoms in total. The van der Waals surface area contributed by atoms with Gasteiger partial charge in [0.25, 0.3) is 0 Å². The largest absolute Gasteiger partial charge is 0.469 e. The van der Waals surface area contributed by atoms with Gasteiger partial charge in [-0.15, -0.1) is 0 Å². The normalized spacial score (nSPS) is 51.8. The molecule has 6 atom stereocenters. The Kier molecular flexibility index (Phi) is 3.32. The summed E-state index contributed by atoms with van der Waals surface area (Å²) in [6, 6.07) is 0. The molecule has 0 heterocycles. The number of hydrogen-bond acceptors (Lipinski definition) is 2. The summed E-state index contributed by atoms with van der Waals surface area (Å²) in [6.07, 6.45) is 11.3. The van der Waals surface area contributed by atoms with E-state index in [9.17, 15) is 4.79 Å². The van der Waals surface area contributed by atoms with E-state index in [4.69, 9.17) is 4.74 Å². The smallest absolute Gasteiger partial charge is 0.311 e.